The largest absolute Gasteiger partial charge is 0.277 e. The molecule has 1 aliphatic rings. The molecule has 0 unspecified atom stereocenters. The Morgan fingerprint density at radius 3 is 2.71 bits per heavy atom. The minimum atomic E-state index is -3.10. The van der Waals surface area contributed by atoms with Crippen molar-refractivity contribution < 1.29 is 13.9 Å². The van der Waals surface area contributed by atoms with Crippen LogP contribution in [-0.2, 0) is 0 Å². The van der Waals surface area contributed by atoms with Crippen molar-refractivity contribution in [3.05, 3.63) is 29.3 Å². The number of hydrogen-bond donors (Lipinski definition) is 2. The zero-order valence-corrected chi connectivity index (χ0v) is 10.8. The molecule has 94 valence electrons. The standard InChI is InChI=1S/C12H17NO3S/c1-3-4-7-13-12(14)10-8-9(2)5-6-11(10)17(13,15)16/h5-6,8,15-16H,3-4,7H2,1-2H3. The van der Waals surface area contributed by atoms with Crippen LogP contribution in [0.3, 0.4) is 0 Å². The summed E-state index contributed by atoms with van der Waals surface area (Å²) in [5.41, 5.74) is 1.38. The summed E-state index contributed by atoms with van der Waals surface area (Å²) in [5, 5.41) is 0. The third-order valence-electron chi connectivity index (χ3n) is 2.91. The van der Waals surface area contributed by atoms with Crippen LogP contribution >= 0.6 is 10.8 Å². The molecule has 1 aromatic carbocycles. The summed E-state index contributed by atoms with van der Waals surface area (Å²) in [6.45, 7) is 4.28. The van der Waals surface area contributed by atoms with E-state index in [4.69, 9.17) is 0 Å². The molecule has 0 saturated heterocycles. The van der Waals surface area contributed by atoms with Gasteiger partial charge in [-0.05, 0) is 25.5 Å². The number of amides is 1. The van der Waals surface area contributed by atoms with Crippen molar-refractivity contribution in [2.45, 2.75) is 31.6 Å². The molecule has 0 spiro atoms. The molecule has 0 radical (unpaired) electrons. The van der Waals surface area contributed by atoms with Gasteiger partial charge >= 0.3 is 0 Å². The van der Waals surface area contributed by atoms with Crippen LogP contribution in [0.15, 0.2) is 23.1 Å². The molecule has 0 bridgehead atoms. The summed E-state index contributed by atoms with van der Waals surface area (Å²) in [5.74, 6) is -0.267. The second-order valence-electron chi connectivity index (χ2n) is 4.28. The smallest absolute Gasteiger partial charge is 0.274 e. The topological polar surface area (TPSA) is 60.8 Å². The van der Waals surface area contributed by atoms with Crippen molar-refractivity contribution in [1.82, 2.24) is 4.31 Å². The van der Waals surface area contributed by atoms with Crippen LogP contribution in [0.5, 0.6) is 0 Å². The fraction of sp³-hybridized carbons (Fsp3) is 0.417. The third-order valence-corrected chi connectivity index (χ3v) is 4.82. The monoisotopic (exact) mass is 255 g/mol. The first-order valence-corrected chi connectivity index (χ1v) is 7.19. The molecule has 1 aliphatic heterocycles. The lowest BCUT2D eigenvalue weighted by molar-refractivity contribution is 0.0861. The second kappa shape index (κ2) is 4.33. The number of carbonyl (C=O) groups is 1. The fourth-order valence-electron chi connectivity index (χ4n) is 1.95. The molecule has 2 rings (SSSR count). The molecule has 0 aromatic heterocycles. The van der Waals surface area contributed by atoms with E-state index in [1.54, 1.807) is 18.2 Å². The normalized spacial score (nSPS) is 19.3. The highest BCUT2D eigenvalue weighted by Gasteiger charge is 2.40. The van der Waals surface area contributed by atoms with Gasteiger partial charge in [-0.2, -0.15) is 0 Å². The minimum absolute atomic E-state index is 0.267. The molecule has 2 N–H and O–H groups in total. The third kappa shape index (κ3) is 1.94. The van der Waals surface area contributed by atoms with Crippen molar-refractivity contribution in [1.29, 1.82) is 0 Å². The van der Waals surface area contributed by atoms with Crippen molar-refractivity contribution in [2.24, 2.45) is 0 Å². The zero-order valence-electron chi connectivity index (χ0n) is 10.0. The van der Waals surface area contributed by atoms with Gasteiger partial charge in [0.15, 0.2) is 0 Å². The van der Waals surface area contributed by atoms with Crippen LogP contribution in [-0.4, -0.2) is 25.9 Å². The van der Waals surface area contributed by atoms with Gasteiger partial charge < -0.3 is 0 Å². The van der Waals surface area contributed by atoms with E-state index in [-0.39, 0.29) is 5.91 Å². The van der Waals surface area contributed by atoms with Gasteiger partial charge in [0, 0.05) is 6.54 Å². The van der Waals surface area contributed by atoms with Crippen molar-refractivity contribution in [3.8, 4) is 0 Å². The van der Waals surface area contributed by atoms with Crippen molar-refractivity contribution >= 4 is 16.7 Å². The van der Waals surface area contributed by atoms with Gasteiger partial charge in [-0.25, -0.2) is 4.31 Å². The van der Waals surface area contributed by atoms with Gasteiger partial charge in [0.2, 0.25) is 0 Å². The molecule has 0 atom stereocenters. The Labute approximate surface area is 103 Å². The average molecular weight is 255 g/mol. The SMILES string of the molecule is CCCCN1C(=O)c2cc(C)ccc2S1(O)O. The van der Waals surface area contributed by atoms with E-state index in [0.29, 0.717) is 17.0 Å². The van der Waals surface area contributed by atoms with Crippen LogP contribution in [0.1, 0.15) is 35.7 Å². The summed E-state index contributed by atoms with van der Waals surface area (Å²) in [7, 11) is -3.10. The first-order valence-electron chi connectivity index (χ1n) is 5.69. The van der Waals surface area contributed by atoms with Gasteiger partial charge in [0.1, 0.15) is 0 Å². The lowest BCUT2D eigenvalue weighted by Crippen LogP contribution is -2.28. The highest BCUT2D eigenvalue weighted by Crippen LogP contribution is 2.58. The molecule has 0 saturated carbocycles. The number of carbonyl (C=O) groups excluding carboxylic acids is 1. The molecule has 1 amide bonds. The van der Waals surface area contributed by atoms with Gasteiger partial charge in [-0.15, -0.1) is 0 Å². The van der Waals surface area contributed by atoms with E-state index in [2.05, 4.69) is 0 Å². The van der Waals surface area contributed by atoms with Crippen LogP contribution < -0.4 is 0 Å². The maximum atomic E-state index is 12.1. The summed E-state index contributed by atoms with van der Waals surface area (Å²) in [4.78, 5) is 12.5. The molecular weight excluding hydrogens is 238 g/mol. The first kappa shape index (κ1) is 12.4. The van der Waals surface area contributed by atoms with Crippen molar-refractivity contribution in [2.75, 3.05) is 6.54 Å². The number of hydrogen-bond acceptors (Lipinski definition) is 3. The first-order chi connectivity index (χ1) is 7.98. The molecule has 4 nitrogen and oxygen atoms in total. The number of benzene rings is 1. The zero-order chi connectivity index (χ0) is 12.6. The van der Waals surface area contributed by atoms with Gasteiger partial charge in [0.05, 0.1) is 10.5 Å². The summed E-state index contributed by atoms with van der Waals surface area (Å²) in [6.07, 6.45) is 1.68. The Bertz CT molecular complexity index is 459. The Morgan fingerprint density at radius 2 is 2.06 bits per heavy atom. The Hall–Kier alpha value is -1.04. The van der Waals surface area contributed by atoms with Crippen LogP contribution in [0, 0.1) is 6.92 Å². The summed E-state index contributed by atoms with van der Waals surface area (Å²) >= 11 is 0. The van der Waals surface area contributed by atoms with Crippen LogP contribution in [0.25, 0.3) is 0 Å². The molecule has 17 heavy (non-hydrogen) atoms. The van der Waals surface area contributed by atoms with Crippen molar-refractivity contribution in [3.63, 3.8) is 0 Å². The average Bonchev–Trinajstić information content (AvgIpc) is 2.45. The summed E-state index contributed by atoms with van der Waals surface area (Å²) < 4.78 is 21.5. The van der Waals surface area contributed by atoms with Crippen LogP contribution in [0.2, 0.25) is 0 Å². The molecule has 0 aliphatic carbocycles. The molecule has 1 heterocycles. The number of unbranched alkanes of at least 4 members (excludes halogenated alkanes) is 1. The highest BCUT2D eigenvalue weighted by atomic mass is 32.3. The predicted octanol–water partition coefficient (Wildman–Crippen LogP) is 3.28. The van der Waals surface area contributed by atoms with E-state index in [1.165, 1.54) is 4.31 Å². The molecular formula is C12H17NO3S. The molecule has 1 aromatic rings. The quantitative estimate of drug-likeness (QED) is 0.871. The molecule has 0 fully saturated rings. The molecule has 5 heteroatoms. The van der Waals surface area contributed by atoms with E-state index >= 15 is 0 Å². The predicted molar refractivity (Wildman–Crippen MR) is 68.2 cm³/mol. The van der Waals surface area contributed by atoms with E-state index < -0.39 is 10.8 Å². The fourth-order valence-corrected chi connectivity index (χ4v) is 3.59. The van der Waals surface area contributed by atoms with Gasteiger partial charge in [0.25, 0.3) is 5.91 Å². The highest BCUT2D eigenvalue weighted by molar-refractivity contribution is 8.23. The Morgan fingerprint density at radius 1 is 1.35 bits per heavy atom. The lowest BCUT2D eigenvalue weighted by Gasteiger charge is -2.36. The number of fused-ring (bicyclic) bond motifs is 1. The number of nitrogens with zero attached hydrogens (tertiary/aromatic N) is 1. The maximum Gasteiger partial charge on any atom is 0.274 e. The second-order valence-corrected chi connectivity index (χ2v) is 6.20. The van der Waals surface area contributed by atoms with E-state index in [9.17, 15) is 13.9 Å². The number of rotatable bonds is 3. The maximum absolute atomic E-state index is 12.1. The summed E-state index contributed by atoms with van der Waals surface area (Å²) in [6, 6.07) is 5.16. The van der Waals surface area contributed by atoms with Gasteiger partial charge in [-0.3, -0.25) is 13.9 Å². The van der Waals surface area contributed by atoms with Gasteiger partial charge in [-0.1, -0.05) is 35.8 Å². The Kier molecular flexibility index (Phi) is 3.16. The van der Waals surface area contributed by atoms with Crippen LogP contribution in [0.4, 0.5) is 0 Å². The Balaban J connectivity index is 2.41. The minimum Gasteiger partial charge on any atom is -0.277 e. The van der Waals surface area contributed by atoms with E-state index in [1.807, 2.05) is 13.8 Å². The lowest BCUT2D eigenvalue weighted by atomic mass is 10.1. The van der Waals surface area contributed by atoms with E-state index in [0.717, 1.165) is 18.4 Å². The number of aryl methyl sites for hydroxylation is 1.